The molecule has 21 heavy (non-hydrogen) atoms. The standard InChI is InChI=1S/C16H19N3O2/c1-16(2,3)12-6-4-5-7-13(12)21-14-10-11(8-9-18-14)15(17)19-20/h4-10,20H,1-3H3,(H2,17,19). The Labute approximate surface area is 124 Å². The first kappa shape index (κ1) is 14.8. The summed E-state index contributed by atoms with van der Waals surface area (Å²) in [5.74, 6) is 1.16. The van der Waals surface area contributed by atoms with Crippen molar-refractivity contribution >= 4 is 5.84 Å². The lowest BCUT2D eigenvalue weighted by molar-refractivity contribution is 0.318. The largest absolute Gasteiger partial charge is 0.439 e. The van der Waals surface area contributed by atoms with Gasteiger partial charge in [0, 0.05) is 23.4 Å². The number of hydrogen-bond acceptors (Lipinski definition) is 4. The number of nitrogens with zero attached hydrogens (tertiary/aromatic N) is 2. The maximum absolute atomic E-state index is 8.72. The van der Waals surface area contributed by atoms with Crippen molar-refractivity contribution in [3.63, 3.8) is 0 Å². The van der Waals surface area contributed by atoms with Crippen molar-refractivity contribution in [1.82, 2.24) is 4.98 Å². The van der Waals surface area contributed by atoms with Gasteiger partial charge in [-0.2, -0.15) is 0 Å². The molecule has 1 aromatic heterocycles. The summed E-state index contributed by atoms with van der Waals surface area (Å²) in [6.07, 6.45) is 1.56. The summed E-state index contributed by atoms with van der Waals surface area (Å²) in [6.45, 7) is 6.36. The first-order valence-corrected chi connectivity index (χ1v) is 6.63. The van der Waals surface area contributed by atoms with Crippen LogP contribution in [0.5, 0.6) is 11.6 Å². The summed E-state index contributed by atoms with van der Waals surface area (Å²) >= 11 is 0. The number of hydrogen-bond donors (Lipinski definition) is 2. The van der Waals surface area contributed by atoms with Crippen LogP contribution in [0, 0.1) is 0 Å². The SMILES string of the molecule is CC(C)(C)c1ccccc1Oc1cc(/C(N)=N/O)ccn1. The molecule has 0 atom stereocenters. The van der Waals surface area contributed by atoms with Crippen molar-refractivity contribution in [3.8, 4) is 11.6 Å². The summed E-state index contributed by atoms with van der Waals surface area (Å²) in [5, 5.41) is 11.7. The number of benzene rings is 1. The molecule has 0 aliphatic rings. The second-order valence-corrected chi connectivity index (χ2v) is 5.72. The molecule has 0 radical (unpaired) electrons. The van der Waals surface area contributed by atoms with Gasteiger partial charge in [0.25, 0.3) is 0 Å². The van der Waals surface area contributed by atoms with E-state index in [2.05, 4.69) is 30.9 Å². The monoisotopic (exact) mass is 285 g/mol. The summed E-state index contributed by atoms with van der Waals surface area (Å²) in [6, 6.07) is 11.1. The average Bonchev–Trinajstić information content (AvgIpc) is 2.46. The number of rotatable bonds is 3. The number of nitrogens with two attached hydrogens (primary N) is 1. The van der Waals surface area contributed by atoms with E-state index >= 15 is 0 Å². The molecular weight excluding hydrogens is 266 g/mol. The average molecular weight is 285 g/mol. The minimum atomic E-state index is -0.0419. The second-order valence-electron chi connectivity index (χ2n) is 5.72. The minimum Gasteiger partial charge on any atom is -0.439 e. The van der Waals surface area contributed by atoms with E-state index in [-0.39, 0.29) is 11.3 Å². The van der Waals surface area contributed by atoms with Gasteiger partial charge in [0.05, 0.1) is 0 Å². The highest BCUT2D eigenvalue weighted by Crippen LogP contribution is 2.33. The molecule has 2 aromatic rings. The van der Waals surface area contributed by atoms with Crippen molar-refractivity contribution in [1.29, 1.82) is 0 Å². The van der Waals surface area contributed by atoms with E-state index in [4.69, 9.17) is 15.7 Å². The first-order chi connectivity index (χ1) is 9.91. The van der Waals surface area contributed by atoms with Crippen molar-refractivity contribution in [2.45, 2.75) is 26.2 Å². The first-order valence-electron chi connectivity index (χ1n) is 6.63. The molecule has 0 bridgehead atoms. The molecule has 2 rings (SSSR count). The maximum atomic E-state index is 8.72. The molecule has 1 aromatic carbocycles. The van der Waals surface area contributed by atoms with Crippen LogP contribution in [-0.4, -0.2) is 16.0 Å². The summed E-state index contributed by atoms with van der Waals surface area (Å²) in [4.78, 5) is 4.16. The van der Waals surface area contributed by atoms with E-state index in [1.54, 1.807) is 18.3 Å². The normalized spacial score (nSPS) is 12.2. The molecule has 0 aliphatic heterocycles. The van der Waals surface area contributed by atoms with Crippen LogP contribution in [0.4, 0.5) is 0 Å². The smallest absolute Gasteiger partial charge is 0.219 e. The minimum absolute atomic E-state index is 0.0198. The lowest BCUT2D eigenvalue weighted by Crippen LogP contribution is -2.14. The third-order valence-corrected chi connectivity index (χ3v) is 3.05. The summed E-state index contributed by atoms with van der Waals surface area (Å²) in [7, 11) is 0. The van der Waals surface area contributed by atoms with Gasteiger partial charge < -0.3 is 15.7 Å². The molecular formula is C16H19N3O2. The van der Waals surface area contributed by atoms with Crippen molar-refractivity contribution in [2.75, 3.05) is 0 Å². The van der Waals surface area contributed by atoms with E-state index < -0.39 is 0 Å². The molecule has 5 nitrogen and oxygen atoms in total. The third kappa shape index (κ3) is 3.51. The quantitative estimate of drug-likeness (QED) is 0.392. The zero-order chi connectivity index (χ0) is 15.5. The molecule has 110 valence electrons. The Morgan fingerprint density at radius 1 is 1.24 bits per heavy atom. The third-order valence-electron chi connectivity index (χ3n) is 3.05. The van der Waals surface area contributed by atoms with Gasteiger partial charge in [-0.25, -0.2) is 4.98 Å². The van der Waals surface area contributed by atoms with Gasteiger partial charge >= 0.3 is 0 Å². The van der Waals surface area contributed by atoms with Gasteiger partial charge in [-0.3, -0.25) is 0 Å². The Balaban J connectivity index is 2.35. The fourth-order valence-corrected chi connectivity index (χ4v) is 1.97. The van der Waals surface area contributed by atoms with E-state index in [0.717, 1.165) is 11.3 Å². The summed E-state index contributed by atoms with van der Waals surface area (Å²) in [5.41, 5.74) is 7.17. The van der Waals surface area contributed by atoms with E-state index in [9.17, 15) is 0 Å². The zero-order valence-electron chi connectivity index (χ0n) is 12.4. The predicted octanol–water partition coefficient (Wildman–Crippen LogP) is 3.27. The van der Waals surface area contributed by atoms with Gasteiger partial charge in [0.1, 0.15) is 5.75 Å². The van der Waals surface area contributed by atoms with E-state index in [0.29, 0.717) is 11.4 Å². The van der Waals surface area contributed by atoms with Crippen LogP contribution in [0.25, 0.3) is 0 Å². The number of amidine groups is 1. The molecule has 0 amide bonds. The van der Waals surface area contributed by atoms with Crippen LogP contribution >= 0.6 is 0 Å². The number of ether oxygens (including phenoxy) is 1. The highest BCUT2D eigenvalue weighted by atomic mass is 16.5. The van der Waals surface area contributed by atoms with E-state index in [1.807, 2.05) is 24.3 Å². The highest BCUT2D eigenvalue weighted by Gasteiger charge is 2.19. The predicted molar refractivity (Wildman–Crippen MR) is 82.0 cm³/mol. The second kappa shape index (κ2) is 5.83. The zero-order valence-corrected chi connectivity index (χ0v) is 12.4. The molecule has 3 N–H and O–H groups in total. The van der Waals surface area contributed by atoms with Gasteiger partial charge in [0.15, 0.2) is 5.84 Å². The maximum Gasteiger partial charge on any atom is 0.219 e. The highest BCUT2D eigenvalue weighted by molar-refractivity contribution is 5.97. The molecule has 0 saturated heterocycles. The molecule has 0 aliphatic carbocycles. The fraction of sp³-hybridized carbons (Fsp3) is 0.250. The number of pyridine rings is 1. The Morgan fingerprint density at radius 3 is 2.62 bits per heavy atom. The van der Waals surface area contributed by atoms with Crippen LogP contribution in [-0.2, 0) is 5.41 Å². The number of para-hydroxylation sites is 1. The Kier molecular flexibility index (Phi) is 4.12. The Morgan fingerprint density at radius 2 is 1.95 bits per heavy atom. The molecule has 0 unspecified atom stereocenters. The van der Waals surface area contributed by atoms with Gasteiger partial charge in [-0.1, -0.05) is 44.1 Å². The van der Waals surface area contributed by atoms with Crippen molar-refractivity contribution in [3.05, 3.63) is 53.7 Å². The topological polar surface area (TPSA) is 80.7 Å². The van der Waals surface area contributed by atoms with Crippen LogP contribution in [0.3, 0.4) is 0 Å². The molecule has 0 fully saturated rings. The van der Waals surface area contributed by atoms with Crippen LogP contribution < -0.4 is 10.5 Å². The van der Waals surface area contributed by atoms with Gasteiger partial charge in [0.2, 0.25) is 5.88 Å². The van der Waals surface area contributed by atoms with Crippen LogP contribution in [0.2, 0.25) is 0 Å². The number of aromatic nitrogens is 1. The van der Waals surface area contributed by atoms with Crippen LogP contribution in [0.1, 0.15) is 31.9 Å². The van der Waals surface area contributed by atoms with E-state index in [1.165, 1.54) is 0 Å². The number of oxime groups is 1. The van der Waals surface area contributed by atoms with Crippen molar-refractivity contribution < 1.29 is 9.94 Å². The molecule has 0 saturated carbocycles. The molecule has 0 spiro atoms. The fourth-order valence-electron chi connectivity index (χ4n) is 1.97. The van der Waals surface area contributed by atoms with Crippen LogP contribution in [0.15, 0.2) is 47.8 Å². The Bertz CT molecular complexity index is 661. The molecule has 1 heterocycles. The van der Waals surface area contributed by atoms with Gasteiger partial charge in [-0.05, 0) is 17.5 Å². The van der Waals surface area contributed by atoms with Crippen molar-refractivity contribution in [2.24, 2.45) is 10.9 Å². The Hall–Kier alpha value is -2.56. The molecule has 5 heteroatoms. The lowest BCUT2D eigenvalue weighted by atomic mass is 9.86. The van der Waals surface area contributed by atoms with Gasteiger partial charge in [-0.15, -0.1) is 0 Å². The lowest BCUT2D eigenvalue weighted by Gasteiger charge is -2.22. The summed E-state index contributed by atoms with van der Waals surface area (Å²) < 4.78 is 5.87.